The van der Waals surface area contributed by atoms with E-state index in [9.17, 15) is 13.2 Å². The van der Waals surface area contributed by atoms with E-state index in [0.29, 0.717) is 36.0 Å². The first kappa shape index (κ1) is 27.0. The maximum absolute atomic E-state index is 13.3. The highest BCUT2D eigenvalue weighted by molar-refractivity contribution is 7.89. The molecule has 10 heteroatoms. The number of amides is 1. The van der Waals surface area contributed by atoms with Crippen LogP contribution in [0.2, 0.25) is 10.0 Å². The molecule has 4 aromatic rings. The van der Waals surface area contributed by atoms with Gasteiger partial charge in [0.2, 0.25) is 10.0 Å². The van der Waals surface area contributed by atoms with Crippen molar-refractivity contribution in [3.63, 3.8) is 0 Å². The fourth-order valence-corrected chi connectivity index (χ4v) is 5.10. The first-order chi connectivity index (χ1) is 17.5. The van der Waals surface area contributed by atoms with E-state index < -0.39 is 15.9 Å². The maximum atomic E-state index is 13.3. The predicted molar refractivity (Wildman–Crippen MR) is 147 cm³/mol. The molecule has 7 nitrogen and oxygen atoms in total. The molecule has 0 aliphatic heterocycles. The van der Waals surface area contributed by atoms with Gasteiger partial charge < -0.3 is 9.30 Å². The first-order valence-corrected chi connectivity index (χ1v) is 14.3. The summed E-state index contributed by atoms with van der Waals surface area (Å²) in [6.07, 6.45) is 5.41. The number of aryl methyl sites for hydroxylation is 3. The number of nitrogens with one attached hydrogen (secondary N) is 1. The Balaban J connectivity index is 1.70. The molecule has 2 aromatic carbocycles. The van der Waals surface area contributed by atoms with Crippen molar-refractivity contribution in [1.29, 1.82) is 0 Å². The van der Waals surface area contributed by atoms with E-state index in [-0.39, 0.29) is 5.69 Å². The lowest BCUT2D eigenvalue weighted by Gasteiger charge is -2.13. The van der Waals surface area contributed by atoms with Crippen LogP contribution in [-0.4, -0.2) is 36.7 Å². The Kier molecular flexibility index (Phi) is 8.11. The molecule has 4 rings (SSSR count). The molecule has 0 aliphatic rings. The zero-order valence-corrected chi connectivity index (χ0v) is 23.0. The van der Waals surface area contributed by atoms with Crippen molar-refractivity contribution < 1.29 is 17.9 Å². The lowest BCUT2D eigenvalue weighted by atomic mass is 10.1. The number of hydrogen-bond donors (Lipinski definition) is 1. The smallest absolute Gasteiger partial charge is 0.281 e. The van der Waals surface area contributed by atoms with Crippen LogP contribution in [0.1, 0.15) is 39.2 Å². The van der Waals surface area contributed by atoms with Gasteiger partial charge in [0.25, 0.3) is 5.91 Å². The van der Waals surface area contributed by atoms with Crippen molar-refractivity contribution in [2.24, 2.45) is 0 Å². The Hall–Kier alpha value is -3.07. The lowest BCUT2D eigenvalue weighted by Crippen LogP contribution is -2.32. The van der Waals surface area contributed by atoms with E-state index in [4.69, 9.17) is 27.9 Å². The number of halogens is 2. The Morgan fingerprint density at radius 2 is 1.84 bits per heavy atom. The zero-order valence-electron chi connectivity index (χ0n) is 20.7. The van der Waals surface area contributed by atoms with Crippen LogP contribution in [0.4, 0.5) is 0 Å². The quantitative estimate of drug-likeness (QED) is 0.265. The minimum Gasteiger partial charge on any atom is -0.494 e. The minimum atomic E-state index is -3.78. The average molecular weight is 561 g/mol. The zero-order chi connectivity index (χ0) is 26.7. The molecular weight excluding hydrogens is 533 g/mol. The Labute approximate surface area is 226 Å². The minimum absolute atomic E-state index is 0.268. The number of aromatic nitrogens is 2. The third-order valence-electron chi connectivity index (χ3n) is 5.94. The molecule has 37 heavy (non-hydrogen) atoms. The third-order valence-corrected chi connectivity index (χ3v) is 7.33. The van der Waals surface area contributed by atoms with Gasteiger partial charge in [-0.15, -0.1) is 0 Å². The van der Waals surface area contributed by atoms with Gasteiger partial charge in [-0.1, -0.05) is 35.3 Å². The molecule has 1 amide bonds. The molecule has 2 heterocycles. The molecule has 0 saturated carbocycles. The standard InChI is InChI=1S/C27H27Cl2N3O4S/c1-17-12-21(13-18(2)25(17)29)36-11-5-7-23-22-9-8-20(28)14-24(22)32(16-19-6-4-10-30-15-19)26(23)27(33)31-37(3,34)35/h4,6,8-10,12-15H,5,7,11,16H2,1-3H3,(H,31,33). The van der Waals surface area contributed by atoms with E-state index in [1.165, 1.54) is 0 Å². The van der Waals surface area contributed by atoms with Crippen LogP contribution in [0.5, 0.6) is 5.75 Å². The molecule has 0 aliphatic carbocycles. The Morgan fingerprint density at radius 1 is 1.11 bits per heavy atom. The Bertz CT molecular complexity index is 1540. The number of rotatable bonds is 9. The summed E-state index contributed by atoms with van der Waals surface area (Å²) < 4.78 is 33.8. The van der Waals surface area contributed by atoms with Gasteiger partial charge in [-0.25, -0.2) is 13.1 Å². The van der Waals surface area contributed by atoms with Crippen LogP contribution >= 0.6 is 23.2 Å². The number of carbonyl (C=O) groups is 1. The molecular formula is C27H27Cl2N3O4S. The molecule has 1 N–H and O–H groups in total. The van der Waals surface area contributed by atoms with Crippen molar-refractivity contribution in [3.05, 3.63) is 92.9 Å². The first-order valence-electron chi connectivity index (χ1n) is 11.6. The summed E-state index contributed by atoms with van der Waals surface area (Å²) in [5, 5.41) is 2.05. The highest BCUT2D eigenvalue weighted by Crippen LogP contribution is 2.31. The number of benzene rings is 2. The van der Waals surface area contributed by atoms with Gasteiger partial charge in [0.05, 0.1) is 18.4 Å². The molecule has 2 aromatic heterocycles. The van der Waals surface area contributed by atoms with Crippen LogP contribution in [0.3, 0.4) is 0 Å². The lowest BCUT2D eigenvalue weighted by molar-refractivity contribution is 0.0972. The number of ether oxygens (including phenoxy) is 1. The molecule has 0 unspecified atom stereocenters. The van der Waals surface area contributed by atoms with E-state index in [1.54, 1.807) is 29.1 Å². The number of pyridine rings is 1. The van der Waals surface area contributed by atoms with Crippen LogP contribution in [0.15, 0.2) is 54.9 Å². The summed E-state index contributed by atoms with van der Waals surface area (Å²) in [6, 6.07) is 12.9. The summed E-state index contributed by atoms with van der Waals surface area (Å²) in [4.78, 5) is 17.5. The highest BCUT2D eigenvalue weighted by Gasteiger charge is 2.25. The van der Waals surface area contributed by atoms with Crippen molar-refractivity contribution >= 4 is 50.0 Å². The third kappa shape index (κ3) is 6.44. The highest BCUT2D eigenvalue weighted by atomic mass is 35.5. The molecule has 0 atom stereocenters. The predicted octanol–water partition coefficient (Wildman–Crippen LogP) is 5.71. The second-order valence-corrected chi connectivity index (χ2v) is 11.5. The topological polar surface area (TPSA) is 90.3 Å². The number of nitrogens with zero attached hydrogens (tertiary/aromatic N) is 2. The van der Waals surface area contributed by atoms with Crippen molar-refractivity contribution in [2.75, 3.05) is 12.9 Å². The van der Waals surface area contributed by atoms with Gasteiger partial charge >= 0.3 is 0 Å². The second kappa shape index (κ2) is 11.1. The second-order valence-electron chi connectivity index (χ2n) is 8.96. The molecule has 0 bridgehead atoms. The van der Waals surface area contributed by atoms with E-state index in [2.05, 4.69) is 9.71 Å². The average Bonchev–Trinajstić information content (AvgIpc) is 3.12. The summed E-state index contributed by atoms with van der Waals surface area (Å²) in [5.74, 6) is 0.0267. The fourth-order valence-electron chi connectivity index (χ4n) is 4.39. The SMILES string of the molecule is Cc1cc(OCCCc2c(C(=O)NS(C)(=O)=O)n(Cc3cccnc3)c3cc(Cl)ccc23)cc(C)c1Cl. The molecule has 0 fully saturated rings. The van der Waals surface area contributed by atoms with Crippen LogP contribution in [0.25, 0.3) is 10.9 Å². The number of fused-ring (bicyclic) bond motifs is 1. The van der Waals surface area contributed by atoms with Crippen LogP contribution in [-0.2, 0) is 23.0 Å². The summed E-state index contributed by atoms with van der Waals surface area (Å²) in [6.45, 7) is 4.57. The molecule has 194 valence electrons. The number of carbonyl (C=O) groups excluding carboxylic acids is 1. The monoisotopic (exact) mass is 559 g/mol. The van der Waals surface area contributed by atoms with Crippen LogP contribution < -0.4 is 9.46 Å². The summed E-state index contributed by atoms with van der Waals surface area (Å²) in [5.41, 5.74) is 4.46. The van der Waals surface area contributed by atoms with Gasteiger partial charge in [-0.3, -0.25) is 9.78 Å². The van der Waals surface area contributed by atoms with Gasteiger partial charge in [0.1, 0.15) is 11.4 Å². The van der Waals surface area contributed by atoms with E-state index in [0.717, 1.165) is 45.2 Å². The van der Waals surface area contributed by atoms with Crippen molar-refractivity contribution in [2.45, 2.75) is 33.2 Å². The van der Waals surface area contributed by atoms with Gasteiger partial charge in [0, 0.05) is 34.4 Å². The fraction of sp³-hybridized carbons (Fsp3) is 0.259. The molecule has 0 spiro atoms. The normalized spacial score (nSPS) is 11.6. The van der Waals surface area contributed by atoms with Crippen molar-refractivity contribution in [3.8, 4) is 5.75 Å². The Morgan fingerprint density at radius 3 is 2.49 bits per heavy atom. The largest absolute Gasteiger partial charge is 0.494 e. The van der Waals surface area contributed by atoms with Gasteiger partial charge in [0.15, 0.2) is 0 Å². The van der Waals surface area contributed by atoms with Crippen molar-refractivity contribution in [1.82, 2.24) is 14.3 Å². The van der Waals surface area contributed by atoms with Gasteiger partial charge in [-0.2, -0.15) is 0 Å². The van der Waals surface area contributed by atoms with E-state index >= 15 is 0 Å². The number of hydrogen-bond acceptors (Lipinski definition) is 5. The van der Waals surface area contributed by atoms with Crippen LogP contribution in [0, 0.1) is 13.8 Å². The molecule has 0 saturated heterocycles. The maximum Gasteiger partial charge on any atom is 0.281 e. The summed E-state index contributed by atoms with van der Waals surface area (Å²) >= 11 is 12.6. The molecule has 0 radical (unpaired) electrons. The number of sulfonamides is 1. The summed E-state index contributed by atoms with van der Waals surface area (Å²) in [7, 11) is -3.78. The van der Waals surface area contributed by atoms with Gasteiger partial charge in [-0.05, 0) is 79.3 Å². The van der Waals surface area contributed by atoms with E-state index in [1.807, 2.05) is 44.2 Å².